The van der Waals surface area contributed by atoms with Gasteiger partial charge in [-0.3, -0.25) is 4.79 Å². The lowest BCUT2D eigenvalue weighted by molar-refractivity contribution is -0.107. The summed E-state index contributed by atoms with van der Waals surface area (Å²) >= 11 is 0.833. The summed E-state index contributed by atoms with van der Waals surface area (Å²) in [4.78, 5) is 21.3. The van der Waals surface area contributed by atoms with Crippen molar-refractivity contribution in [3.8, 4) is 0 Å². The van der Waals surface area contributed by atoms with Crippen LogP contribution in [0.2, 0.25) is 0 Å². The molecule has 0 saturated heterocycles. The third-order valence-electron chi connectivity index (χ3n) is 1.89. The largest absolute Gasteiger partial charge is 0.455 e. The van der Waals surface area contributed by atoms with Crippen molar-refractivity contribution in [2.75, 3.05) is 0 Å². The molecule has 0 N–H and O–H groups in total. The fourth-order valence-electron chi connectivity index (χ4n) is 1.13. The molecule has 2 nitrogen and oxygen atoms in total. The number of aldehydes is 1. The van der Waals surface area contributed by atoms with Crippen LogP contribution in [-0.4, -0.2) is 18.2 Å². The molecule has 88 valence electrons. The van der Waals surface area contributed by atoms with Crippen LogP contribution < -0.4 is 0 Å². The second-order valence-corrected chi connectivity index (χ2v) is 4.32. The van der Waals surface area contributed by atoms with Gasteiger partial charge in [0.2, 0.25) is 0 Å². The van der Waals surface area contributed by atoms with Crippen molar-refractivity contribution >= 4 is 23.4 Å². The Morgan fingerprint density at radius 2 is 2.06 bits per heavy atom. The summed E-state index contributed by atoms with van der Waals surface area (Å²) < 4.78 is 36.2. The van der Waals surface area contributed by atoms with E-state index in [2.05, 4.69) is 0 Å². The third kappa shape index (κ3) is 3.44. The van der Waals surface area contributed by atoms with E-state index in [4.69, 9.17) is 0 Å². The zero-order valence-electron chi connectivity index (χ0n) is 8.21. The van der Waals surface area contributed by atoms with Gasteiger partial charge in [0.05, 0.1) is 4.88 Å². The normalized spacial score (nSPS) is 11.4. The number of hydrogen-bond acceptors (Lipinski definition) is 3. The molecule has 0 aliphatic rings. The van der Waals surface area contributed by atoms with E-state index in [9.17, 15) is 22.8 Å². The van der Waals surface area contributed by atoms with Gasteiger partial charge in [0, 0.05) is 11.3 Å². The van der Waals surface area contributed by atoms with E-state index in [1.54, 1.807) is 0 Å². The van der Waals surface area contributed by atoms with Crippen molar-refractivity contribution in [2.24, 2.45) is 0 Å². The van der Waals surface area contributed by atoms with Crippen LogP contribution in [-0.2, 0) is 11.2 Å². The predicted molar refractivity (Wildman–Crippen MR) is 53.7 cm³/mol. The standard InChI is InChI=1S/C10H9F3O2S/c11-10(12,13)9(15)8-5-4-7(16-8)3-1-2-6-14/h4-6H,1-3H2. The van der Waals surface area contributed by atoms with Gasteiger partial charge in [-0.15, -0.1) is 11.3 Å². The molecule has 0 atom stereocenters. The highest BCUT2D eigenvalue weighted by atomic mass is 32.1. The molecular formula is C10H9F3O2S. The number of carbonyl (C=O) groups excluding carboxylic acids is 2. The van der Waals surface area contributed by atoms with Crippen LogP contribution in [0.25, 0.3) is 0 Å². The number of ketones is 1. The van der Waals surface area contributed by atoms with Gasteiger partial charge in [0.1, 0.15) is 6.29 Å². The number of halogens is 3. The molecule has 0 radical (unpaired) electrons. The maximum atomic E-state index is 12.1. The number of aryl methyl sites for hydroxylation is 1. The molecule has 16 heavy (non-hydrogen) atoms. The van der Waals surface area contributed by atoms with E-state index in [0.29, 0.717) is 24.1 Å². The van der Waals surface area contributed by atoms with E-state index >= 15 is 0 Å². The molecule has 0 aliphatic carbocycles. The molecule has 1 heterocycles. The molecular weight excluding hydrogens is 241 g/mol. The van der Waals surface area contributed by atoms with Crippen molar-refractivity contribution in [3.63, 3.8) is 0 Å². The average Bonchev–Trinajstić information content (AvgIpc) is 2.64. The van der Waals surface area contributed by atoms with Crippen molar-refractivity contribution in [3.05, 3.63) is 21.9 Å². The zero-order chi connectivity index (χ0) is 12.2. The zero-order valence-corrected chi connectivity index (χ0v) is 9.03. The van der Waals surface area contributed by atoms with Gasteiger partial charge >= 0.3 is 6.18 Å². The third-order valence-corrected chi connectivity index (χ3v) is 3.03. The number of alkyl halides is 3. The Labute approximate surface area is 94.1 Å². The Bertz CT molecular complexity index is 382. The SMILES string of the molecule is O=CCCCc1ccc(C(=O)C(F)(F)F)s1. The molecule has 0 fully saturated rings. The van der Waals surface area contributed by atoms with Crippen LogP contribution in [0.15, 0.2) is 12.1 Å². The maximum absolute atomic E-state index is 12.1. The maximum Gasteiger partial charge on any atom is 0.455 e. The number of carbonyl (C=O) groups is 2. The molecule has 0 aromatic carbocycles. The number of thiophene rings is 1. The fraction of sp³-hybridized carbons (Fsp3) is 0.400. The van der Waals surface area contributed by atoms with Crippen LogP contribution in [0.5, 0.6) is 0 Å². The van der Waals surface area contributed by atoms with Crippen LogP contribution in [0, 0.1) is 0 Å². The van der Waals surface area contributed by atoms with Gasteiger partial charge in [-0.25, -0.2) is 0 Å². The molecule has 1 aromatic heterocycles. The first-order valence-corrected chi connectivity index (χ1v) is 5.40. The molecule has 0 saturated carbocycles. The summed E-state index contributed by atoms with van der Waals surface area (Å²) in [6, 6.07) is 2.67. The van der Waals surface area contributed by atoms with Crippen LogP contribution in [0.3, 0.4) is 0 Å². The van der Waals surface area contributed by atoms with Crippen molar-refractivity contribution < 1.29 is 22.8 Å². The van der Waals surface area contributed by atoms with E-state index in [1.807, 2.05) is 0 Å². The minimum atomic E-state index is -4.81. The molecule has 1 aromatic rings. The molecule has 6 heteroatoms. The Hall–Kier alpha value is -1.17. The first-order chi connectivity index (χ1) is 7.45. The van der Waals surface area contributed by atoms with Gasteiger partial charge < -0.3 is 4.79 Å². The summed E-state index contributed by atoms with van der Waals surface area (Å²) in [7, 11) is 0. The van der Waals surface area contributed by atoms with E-state index in [-0.39, 0.29) is 4.88 Å². The highest BCUT2D eigenvalue weighted by molar-refractivity contribution is 7.14. The van der Waals surface area contributed by atoms with Crippen molar-refractivity contribution in [1.29, 1.82) is 0 Å². The fourth-order valence-corrected chi connectivity index (χ4v) is 2.14. The van der Waals surface area contributed by atoms with Gasteiger partial charge in [-0.05, 0) is 25.0 Å². The second kappa shape index (κ2) is 5.25. The monoisotopic (exact) mass is 250 g/mol. The minimum absolute atomic E-state index is 0.298. The van der Waals surface area contributed by atoms with Gasteiger partial charge in [-0.2, -0.15) is 13.2 Å². The molecule has 1 rings (SSSR count). The molecule has 0 bridgehead atoms. The molecule has 0 amide bonds. The van der Waals surface area contributed by atoms with E-state index in [1.165, 1.54) is 12.1 Å². The lowest BCUT2D eigenvalue weighted by Gasteiger charge is -2.01. The number of rotatable bonds is 5. The Kier molecular flexibility index (Phi) is 4.23. The van der Waals surface area contributed by atoms with E-state index < -0.39 is 12.0 Å². The highest BCUT2D eigenvalue weighted by Crippen LogP contribution is 2.26. The average molecular weight is 250 g/mol. The van der Waals surface area contributed by atoms with Crippen molar-refractivity contribution in [2.45, 2.75) is 25.4 Å². The number of Topliss-reactive ketones (excluding diaryl/α,β-unsaturated/α-hetero) is 1. The number of hydrogen-bond donors (Lipinski definition) is 0. The predicted octanol–water partition coefficient (Wildman–Crippen LogP) is 3.01. The summed E-state index contributed by atoms with van der Waals surface area (Å²) in [5.41, 5.74) is 0. The Morgan fingerprint density at radius 1 is 1.38 bits per heavy atom. The summed E-state index contributed by atoms with van der Waals surface area (Å²) in [6.07, 6.45) is -2.57. The van der Waals surface area contributed by atoms with Crippen LogP contribution in [0.4, 0.5) is 13.2 Å². The summed E-state index contributed by atoms with van der Waals surface area (Å²) in [6.45, 7) is 0. The van der Waals surface area contributed by atoms with Gasteiger partial charge in [0.25, 0.3) is 5.78 Å². The lowest BCUT2D eigenvalue weighted by Crippen LogP contribution is -2.21. The molecule has 0 aliphatic heterocycles. The molecule has 0 spiro atoms. The molecule has 0 unspecified atom stereocenters. The second-order valence-electron chi connectivity index (χ2n) is 3.15. The summed E-state index contributed by atoms with van der Waals surface area (Å²) in [5, 5.41) is 0. The van der Waals surface area contributed by atoms with Gasteiger partial charge in [-0.1, -0.05) is 0 Å². The van der Waals surface area contributed by atoms with Gasteiger partial charge in [0.15, 0.2) is 0 Å². The first-order valence-electron chi connectivity index (χ1n) is 4.59. The highest BCUT2D eigenvalue weighted by Gasteiger charge is 2.40. The topological polar surface area (TPSA) is 34.1 Å². The Balaban J connectivity index is 2.64. The van der Waals surface area contributed by atoms with Crippen molar-refractivity contribution in [1.82, 2.24) is 0 Å². The summed E-state index contributed by atoms with van der Waals surface area (Å²) in [5.74, 6) is -1.81. The first kappa shape index (κ1) is 12.9. The minimum Gasteiger partial charge on any atom is -0.303 e. The number of unbranched alkanes of at least 4 members (excludes halogenated alkanes) is 1. The lowest BCUT2D eigenvalue weighted by atomic mass is 10.2. The van der Waals surface area contributed by atoms with Crippen LogP contribution in [0.1, 0.15) is 27.4 Å². The van der Waals surface area contributed by atoms with Crippen LogP contribution >= 0.6 is 11.3 Å². The Morgan fingerprint density at radius 3 is 2.62 bits per heavy atom. The smallest absolute Gasteiger partial charge is 0.303 e. The van der Waals surface area contributed by atoms with E-state index in [0.717, 1.165) is 17.6 Å². The quantitative estimate of drug-likeness (QED) is 0.457.